The van der Waals surface area contributed by atoms with E-state index in [0.29, 0.717) is 36.7 Å². The van der Waals surface area contributed by atoms with Crippen molar-refractivity contribution in [2.45, 2.75) is 38.8 Å². The fraction of sp³-hybridized carbons (Fsp3) is 0.391. The number of aromatic nitrogens is 4. The highest BCUT2D eigenvalue weighted by atomic mass is 35.5. The van der Waals surface area contributed by atoms with Gasteiger partial charge in [0.1, 0.15) is 28.5 Å². The van der Waals surface area contributed by atoms with Crippen LogP contribution in [0.5, 0.6) is 0 Å². The second kappa shape index (κ2) is 12.9. The Labute approximate surface area is 219 Å². The highest BCUT2D eigenvalue weighted by Gasteiger charge is 2.34. The van der Waals surface area contributed by atoms with E-state index in [1.807, 2.05) is 6.92 Å². The lowest BCUT2D eigenvalue weighted by Gasteiger charge is -2.10. The Kier molecular flexibility index (Phi) is 9.89. The first-order valence-electron chi connectivity index (χ1n) is 11.2. The summed E-state index contributed by atoms with van der Waals surface area (Å²) in [4.78, 5) is 41.5. The number of nitrogens with zero attached hydrogens (tertiary/aromatic N) is 4. The molecule has 3 aromatic heterocycles. The Balaban J connectivity index is 1.59. The Bertz CT molecular complexity index is 1240. The van der Waals surface area contributed by atoms with Crippen LogP contribution in [0.4, 0.5) is 24.8 Å². The average molecular weight is 557 g/mol. The third-order valence-electron chi connectivity index (χ3n) is 4.99. The van der Waals surface area contributed by atoms with Crippen molar-refractivity contribution in [3.05, 3.63) is 57.0 Å². The number of pyridine rings is 1. The zero-order chi connectivity index (χ0) is 27.0. The van der Waals surface area contributed by atoms with Gasteiger partial charge >= 0.3 is 6.18 Å². The Morgan fingerprint density at radius 1 is 1.14 bits per heavy atom. The van der Waals surface area contributed by atoms with Crippen molar-refractivity contribution in [3.63, 3.8) is 0 Å². The lowest BCUT2D eigenvalue weighted by Crippen LogP contribution is -2.13. The highest BCUT2D eigenvalue weighted by molar-refractivity contribution is 7.13. The molecule has 0 aliphatic carbocycles. The number of nitrogens with one attached hydrogen (secondary N) is 2. The lowest BCUT2D eigenvalue weighted by molar-refractivity contribution is -0.137. The minimum Gasteiger partial charge on any atom is -0.382 e. The SMILES string of the molecule is CCOCCCNc1cc(C(=O)CC(C)c2ncc(C(=O)Nc3cc(C(F)(F)F)c(Cl)cn3)s2)ncn1. The van der Waals surface area contributed by atoms with Crippen LogP contribution in [0.2, 0.25) is 5.02 Å². The van der Waals surface area contributed by atoms with Gasteiger partial charge in [-0.25, -0.2) is 19.9 Å². The van der Waals surface area contributed by atoms with Crippen molar-refractivity contribution in [3.8, 4) is 0 Å². The van der Waals surface area contributed by atoms with Crippen LogP contribution in [0, 0.1) is 0 Å². The average Bonchev–Trinajstić information content (AvgIpc) is 3.35. The predicted octanol–water partition coefficient (Wildman–Crippen LogP) is 5.47. The molecule has 3 aromatic rings. The Morgan fingerprint density at radius 3 is 2.65 bits per heavy atom. The van der Waals surface area contributed by atoms with E-state index in [2.05, 4.69) is 30.6 Å². The molecule has 9 nitrogen and oxygen atoms in total. The van der Waals surface area contributed by atoms with Gasteiger partial charge in [0, 0.05) is 44.4 Å². The molecule has 0 saturated carbocycles. The molecule has 0 aliphatic heterocycles. The molecule has 1 amide bonds. The van der Waals surface area contributed by atoms with Crippen LogP contribution in [0.1, 0.15) is 63.3 Å². The summed E-state index contributed by atoms with van der Waals surface area (Å²) in [6, 6.07) is 2.23. The number of amides is 1. The molecule has 1 atom stereocenters. The second-order valence-electron chi connectivity index (χ2n) is 7.86. The van der Waals surface area contributed by atoms with E-state index in [1.165, 1.54) is 12.5 Å². The number of hydrogen-bond acceptors (Lipinski definition) is 9. The van der Waals surface area contributed by atoms with Crippen LogP contribution in [0.3, 0.4) is 0 Å². The fourth-order valence-corrected chi connectivity index (χ4v) is 4.21. The topological polar surface area (TPSA) is 119 Å². The van der Waals surface area contributed by atoms with E-state index < -0.39 is 22.7 Å². The van der Waals surface area contributed by atoms with E-state index in [0.717, 1.165) is 24.0 Å². The summed E-state index contributed by atoms with van der Waals surface area (Å²) in [5.41, 5.74) is -0.858. The number of carbonyl (C=O) groups excluding carboxylic acids is 2. The number of ether oxygens (including phenoxy) is 1. The predicted molar refractivity (Wildman–Crippen MR) is 133 cm³/mol. The number of Topliss-reactive ketones (excluding diaryl/α,β-unsaturated/α-hetero) is 1. The second-order valence-corrected chi connectivity index (χ2v) is 9.33. The number of hydrogen-bond donors (Lipinski definition) is 2. The first-order valence-corrected chi connectivity index (χ1v) is 12.4. The quantitative estimate of drug-likeness (QED) is 0.223. The van der Waals surface area contributed by atoms with Crippen molar-refractivity contribution in [1.29, 1.82) is 0 Å². The summed E-state index contributed by atoms with van der Waals surface area (Å²) in [6.45, 7) is 5.61. The number of halogens is 4. The van der Waals surface area contributed by atoms with Crippen LogP contribution in [0.15, 0.2) is 30.9 Å². The van der Waals surface area contributed by atoms with E-state index in [-0.39, 0.29) is 34.5 Å². The number of ketones is 1. The number of carbonyl (C=O) groups is 2. The van der Waals surface area contributed by atoms with Gasteiger partial charge in [0.25, 0.3) is 5.91 Å². The van der Waals surface area contributed by atoms with Crippen LogP contribution in [-0.2, 0) is 10.9 Å². The van der Waals surface area contributed by atoms with Gasteiger partial charge in [0.05, 0.1) is 21.8 Å². The van der Waals surface area contributed by atoms with Crippen LogP contribution in [0.25, 0.3) is 0 Å². The molecule has 0 bridgehead atoms. The molecule has 0 fully saturated rings. The largest absolute Gasteiger partial charge is 0.418 e. The van der Waals surface area contributed by atoms with Gasteiger partial charge in [-0.2, -0.15) is 13.2 Å². The summed E-state index contributed by atoms with van der Waals surface area (Å²) in [5, 5.41) is 5.38. The first kappa shape index (κ1) is 28.4. The molecular formula is C23H24ClF3N6O3S. The molecule has 14 heteroatoms. The lowest BCUT2D eigenvalue weighted by atomic mass is 10.0. The molecule has 0 radical (unpaired) electrons. The zero-order valence-electron chi connectivity index (χ0n) is 19.9. The summed E-state index contributed by atoms with van der Waals surface area (Å²) >= 11 is 6.59. The molecule has 198 valence electrons. The summed E-state index contributed by atoms with van der Waals surface area (Å²) < 4.78 is 44.4. The monoisotopic (exact) mass is 556 g/mol. The molecule has 2 N–H and O–H groups in total. The summed E-state index contributed by atoms with van der Waals surface area (Å²) in [7, 11) is 0. The minimum atomic E-state index is -4.69. The van der Waals surface area contributed by atoms with Gasteiger partial charge in [-0.1, -0.05) is 18.5 Å². The Morgan fingerprint density at radius 2 is 1.92 bits per heavy atom. The maximum absolute atomic E-state index is 13.0. The number of rotatable bonds is 12. The van der Waals surface area contributed by atoms with Crippen LogP contribution < -0.4 is 10.6 Å². The number of anilines is 2. The maximum atomic E-state index is 13.0. The number of thiazole rings is 1. The normalized spacial score (nSPS) is 12.3. The Hall–Kier alpha value is -3.16. The van der Waals surface area contributed by atoms with E-state index in [1.54, 1.807) is 13.0 Å². The zero-order valence-corrected chi connectivity index (χ0v) is 21.5. The van der Waals surface area contributed by atoms with Crippen molar-refractivity contribution in [1.82, 2.24) is 19.9 Å². The molecule has 0 spiro atoms. The summed E-state index contributed by atoms with van der Waals surface area (Å²) in [6.07, 6.45) is -0.391. The van der Waals surface area contributed by atoms with Gasteiger partial charge in [0.15, 0.2) is 5.78 Å². The molecular weight excluding hydrogens is 533 g/mol. The molecule has 3 rings (SSSR count). The minimum absolute atomic E-state index is 0.0864. The molecule has 0 aromatic carbocycles. The van der Waals surface area contributed by atoms with Gasteiger partial charge in [0.2, 0.25) is 0 Å². The maximum Gasteiger partial charge on any atom is 0.418 e. The van der Waals surface area contributed by atoms with Crippen molar-refractivity contribution < 1.29 is 27.5 Å². The standard InChI is InChI=1S/C23H24ClF3N6O3S/c1-3-36-6-4-5-28-19-9-16(31-12-32-19)17(34)7-13(2)22-30-11-18(37-22)21(35)33-20-8-14(23(25,26)27)15(24)10-29-20/h8-13H,3-7H2,1-2H3,(H,28,31,32)(H,29,33,35). The molecule has 1 unspecified atom stereocenters. The van der Waals surface area contributed by atoms with Gasteiger partial charge < -0.3 is 15.4 Å². The van der Waals surface area contributed by atoms with Crippen molar-refractivity contribution >= 4 is 46.3 Å². The van der Waals surface area contributed by atoms with Crippen molar-refractivity contribution in [2.75, 3.05) is 30.4 Å². The molecule has 3 heterocycles. The van der Waals surface area contributed by atoms with Gasteiger partial charge in [-0.3, -0.25) is 9.59 Å². The third-order valence-corrected chi connectivity index (χ3v) is 6.52. The highest BCUT2D eigenvalue weighted by Crippen LogP contribution is 2.35. The van der Waals surface area contributed by atoms with Gasteiger partial charge in [-0.15, -0.1) is 11.3 Å². The van der Waals surface area contributed by atoms with Crippen LogP contribution >= 0.6 is 22.9 Å². The molecule has 0 saturated heterocycles. The third kappa shape index (κ3) is 8.17. The van der Waals surface area contributed by atoms with Crippen LogP contribution in [-0.4, -0.2) is 51.4 Å². The smallest absolute Gasteiger partial charge is 0.382 e. The molecule has 37 heavy (non-hydrogen) atoms. The van der Waals surface area contributed by atoms with E-state index in [4.69, 9.17) is 16.3 Å². The fourth-order valence-electron chi connectivity index (χ4n) is 3.13. The first-order chi connectivity index (χ1) is 17.6. The molecule has 0 aliphatic rings. The van der Waals surface area contributed by atoms with Crippen molar-refractivity contribution in [2.24, 2.45) is 0 Å². The van der Waals surface area contributed by atoms with E-state index >= 15 is 0 Å². The number of alkyl halides is 3. The van der Waals surface area contributed by atoms with E-state index in [9.17, 15) is 22.8 Å². The summed E-state index contributed by atoms with van der Waals surface area (Å²) in [5.74, 6) is -1.01. The van der Waals surface area contributed by atoms with Gasteiger partial charge in [-0.05, 0) is 19.4 Å².